The number of carbonyl (C=O) groups is 1. The van der Waals surface area contributed by atoms with Crippen LogP contribution in [0.15, 0.2) is 18.2 Å². The van der Waals surface area contributed by atoms with E-state index in [0.29, 0.717) is 22.2 Å². The molecule has 1 amide bonds. The van der Waals surface area contributed by atoms with Gasteiger partial charge in [-0.15, -0.1) is 0 Å². The van der Waals surface area contributed by atoms with Gasteiger partial charge < -0.3 is 16.0 Å². The first-order chi connectivity index (χ1) is 16.1. The normalized spacial score (nSPS) is 12.3. The largest absolute Gasteiger partial charge is 0.339 e. The van der Waals surface area contributed by atoms with E-state index < -0.39 is 9.96 Å². The van der Waals surface area contributed by atoms with Crippen molar-refractivity contribution in [2.24, 2.45) is 0 Å². The van der Waals surface area contributed by atoms with E-state index in [9.17, 15) is 4.79 Å². The van der Waals surface area contributed by atoms with Gasteiger partial charge in [0.2, 0.25) is 9.70 Å². The van der Waals surface area contributed by atoms with Crippen LogP contribution in [0.4, 0.5) is 5.69 Å². The molecule has 0 fully saturated rings. The summed E-state index contributed by atoms with van der Waals surface area (Å²) in [5, 5.41) is 9.45. The Kier molecular flexibility index (Phi) is 17.0. The second kappa shape index (κ2) is 18.1. The molecule has 4 nitrogen and oxygen atoms in total. The lowest BCUT2D eigenvalue weighted by atomic mass is 10.0. The monoisotopic (exact) mass is 589 g/mol. The highest BCUT2D eigenvalue weighted by molar-refractivity contribution is 7.80. The molecule has 0 radical (unpaired) electrons. The maximum absolute atomic E-state index is 12.4. The number of anilines is 1. The number of unbranched alkanes of at least 4 members (excludes halogenated alkanes) is 11. The van der Waals surface area contributed by atoms with Crippen LogP contribution in [0.5, 0.6) is 0 Å². The lowest BCUT2D eigenvalue weighted by Gasteiger charge is -2.27. The average Bonchev–Trinajstić information content (AvgIpc) is 2.76. The number of thiocarbonyl (C=S) groups is 1. The molecular weight excluding hydrogens is 556 g/mol. The Labute approximate surface area is 235 Å². The van der Waals surface area contributed by atoms with Crippen molar-refractivity contribution in [3.8, 4) is 0 Å². The summed E-state index contributed by atoms with van der Waals surface area (Å²) in [7, 11) is 0. The quantitative estimate of drug-likeness (QED) is 0.0776. The first-order valence-corrected chi connectivity index (χ1v) is 14.3. The third-order valence-corrected chi connectivity index (χ3v) is 6.96. The van der Waals surface area contributed by atoms with Crippen molar-refractivity contribution in [2.45, 2.75) is 100 Å². The van der Waals surface area contributed by atoms with E-state index in [2.05, 4.69) is 22.9 Å². The van der Waals surface area contributed by atoms with Gasteiger partial charge >= 0.3 is 0 Å². The molecule has 194 valence electrons. The molecule has 0 spiro atoms. The number of amides is 1. The molecule has 0 bridgehead atoms. The number of hydrogen-bond donors (Lipinski definition) is 3. The smallest absolute Gasteiger partial charge is 0.228 e. The Hall–Kier alpha value is -0.170. The van der Waals surface area contributed by atoms with Gasteiger partial charge in [0.25, 0.3) is 0 Å². The highest BCUT2D eigenvalue weighted by Gasteiger charge is 2.34. The molecule has 34 heavy (non-hydrogen) atoms. The minimum Gasteiger partial charge on any atom is -0.339 e. The summed E-state index contributed by atoms with van der Waals surface area (Å²) in [4.78, 5) is 12.4. The Morgan fingerprint density at radius 3 is 1.88 bits per heavy atom. The Morgan fingerprint density at radius 2 is 1.38 bits per heavy atom. The molecule has 0 aliphatic carbocycles. The van der Waals surface area contributed by atoms with E-state index >= 15 is 0 Å². The zero-order valence-electron chi connectivity index (χ0n) is 19.7. The summed E-state index contributed by atoms with van der Waals surface area (Å²) in [6.45, 7) is 2.24. The molecule has 0 aromatic heterocycles. The van der Waals surface area contributed by atoms with Crippen LogP contribution in [0.3, 0.4) is 0 Å². The fraction of sp³-hybridized carbons (Fsp3) is 0.667. The molecule has 10 heteroatoms. The van der Waals surface area contributed by atoms with Gasteiger partial charge in [0.1, 0.15) is 6.17 Å². The molecule has 3 N–H and O–H groups in total. The second-order valence-electron chi connectivity index (χ2n) is 8.41. The third-order valence-electron chi connectivity index (χ3n) is 5.34. The molecule has 0 saturated heterocycles. The number of nitrogens with one attached hydrogen (secondary N) is 3. The van der Waals surface area contributed by atoms with Crippen LogP contribution in [0.1, 0.15) is 90.4 Å². The third kappa shape index (κ3) is 15.1. The molecule has 1 aromatic carbocycles. The van der Waals surface area contributed by atoms with Gasteiger partial charge in [0, 0.05) is 12.1 Å². The van der Waals surface area contributed by atoms with E-state index in [4.69, 9.17) is 70.2 Å². The number of alkyl halides is 3. The number of halogens is 5. The first kappa shape index (κ1) is 31.9. The van der Waals surface area contributed by atoms with Crippen LogP contribution in [0.25, 0.3) is 0 Å². The van der Waals surface area contributed by atoms with Crippen molar-refractivity contribution in [3.63, 3.8) is 0 Å². The fourth-order valence-electron chi connectivity index (χ4n) is 3.43. The predicted molar refractivity (Wildman–Crippen MR) is 154 cm³/mol. The van der Waals surface area contributed by atoms with Crippen molar-refractivity contribution in [2.75, 3.05) is 5.32 Å². The molecule has 0 aliphatic rings. The van der Waals surface area contributed by atoms with Crippen molar-refractivity contribution in [1.82, 2.24) is 10.6 Å². The maximum atomic E-state index is 12.4. The first-order valence-electron chi connectivity index (χ1n) is 12.0. The predicted octanol–water partition coefficient (Wildman–Crippen LogP) is 9.18. The van der Waals surface area contributed by atoms with E-state index in [1.165, 1.54) is 57.8 Å². The molecular formula is C24H36Cl5N3OS. The fourth-order valence-corrected chi connectivity index (χ4v) is 4.29. The highest BCUT2D eigenvalue weighted by atomic mass is 35.6. The molecule has 1 aromatic rings. The van der Waals surface area contributed by atoms with Crippen LogP contribution >= 0.6 is 70.2 Å². The summed E-state index contributed by atoms with van der Waals surface area (Å²) < 4.78 is -1.80. The van der Waals surface area contributed by atoms with Gasteiger partial charge in [-0.1, -0.05) is 136 Å². The summed E-state index contributed by atoms with van der Waals surface area (Å²) in [5.41, 5.74) is 0.609. The van der Waals surface area contributed by atoms with Crippen LogP contribution in [-0.2, 0) is 4.79 Å². The Morgan fingerprint density at radius 1 is 0.853 bits per heavy atom. The molecule has 0 aliphatic heterocycles. The topological polar surface area (TPSA) is 53.2 Å². The summed E-state index contributed by atoms with van der Waals surface area (Å²) in [6.07, 6.45) is 14.2. The maximum Gasteiger partial charge on any atom is 0.228 e. The van der Waals surface area contributed by atoms with Gasteiger partial charge in [0.15, 0.2) is 5.11 Å². The molecule has 0 heterocycles. The number of carbonyl (C=O) groups excluding carboxylic acids is 1. The SMILES string of the molecule is CCCCCCCCCCCCCCC(=O)N[C@H](NC(=S)Nc1ccc(Cl)c(Cl)c1)C(Cl)(Cl)Cl. The van der Waals surface area contributed by atoms with Gasteiger partial charge in [-0.25, -0.2) is 0 Å². The molecule has 0 unspecified atom stereocenters. The summed E-state index contributed by atoms with van der Waals surface area (Å²) in [5.74, 6) is -0.201. The number of hydrogen-bond acceptors (Lipinski definition) is 2. The van der Waals surface area contributed by atoms with Crippen molar-refractivity contribution in [1.29, 1.82) is 0 Å². The minimum absolute atomic E-state index is 0.167. The average molecular weight is 592 g/mol. The standard InChI is InChI=1S/C24H36Cl5N3OS/c1-2-3-4-5-6-7-8-9-10-11-12-13-14-21(33)31-22(24(27,28)29)32-23(34)30-18-15-16-19(25)20(26)17-18/h15-17,22H,2-14H2,1H3,(H,31,33)(H2,30,32,34)/t22-/m1/s1. The van der Waals surface area contributed by atoms with Crippen LogP contribution in [-0.4, -0.2) is 21.0 Å². The number of benzene rings is 1. The van der Waals surface area contributed by atoms with Gasteiger partial charge in [-0.3, -0.25) is 4.79 Å². The molecule has 1 atom stereocenters. The van der Waals surface area contributed by atoms with Gasteiger partial charge in [0.05, 0.1) is 10.0 Å². The highest BCUT2D eigenvalue weighted by Crippen LogP contribution is 2.29. The van der Waals surface area contributed by atoms with E-state index in [1.807, 2.05) is 0 Å². The van der Waals surface area contributed by atoms with Crippen LogP contribution in [0, 0.1) is 0 Å². The van der Waals surface area contributed by atoms with Crippen molar-refractivity contribution >= 4 is 86.9 Å². The van der Waals surface area contributed by atoms with Crippen molar-refractivity contribution in [3.05, 3.63) is 28.2 Å². The van der Waals surface area contributed by atoms with Crippen molar-refractivity contribution < 1.29 is 4.79 Å². The van der Waals surface area contributed by atoms with Crippen LogP contribution in [0.2, 0.25) is 10.0 Å². The Balaban J connectivity index is 2.26. The zero-order valence-corrected chi connectivity index (χ0v) is 24.3. The summed E-state index contributed by atoms with van der Waals surface area (Å²) >= 11 is 35.3. The lowest BCUT2D eigenvalue weighted by molar-refractivity contribution is -0.122. The summed E-state index contributed by atoms with van der Waals surface area (Å²) in [6, 6.07) is 4.96. The Bertz CT molecular complexity index is 746. The molecule has 0 saturated carbocycles. The van der Waals surface area contributed by atoms with Gasteiger partial charge in [-0.05, 0) is 36.8 Å². The van der Waals surface area contributed by atoms with Crippen LogP contribution < -0.4 is 16.0 Å². The lowest BCUT2D eigenvalue weighted by Crippen LogP contribution is -2.56. The second-order valence-corrected chi connectivity index (χ2v) is 12.0. The molecule has 1 rings (SSSR count). The van der Waals surface area contributed by atoms with E-state index in [1.54, 1.807) is 18.2 Å². The zero-order chi connectivity index (χ0) is 25.4. The van der Waals surface area contributed by atoms with E-state index in [0.717, 1.165) is 19.3 Å². The van der Waals surface area contributed by atoms with Gasteiger partial charge in [-0.2, -0.15) is 0 Å². The minimum atomic E-state index is -1.80. The van der Waals surface area contributed by atoms with E-state index in [-0.39, 0.29) is 11.0 Å². The number of rotatable bonds is 16.